The number of amides is 3. The zero-order valence-electron chi connectivity index (χ0n) is 18.0. The van der Waals surface area contributed by atoms with Gasteiger partial charge in [0.1, 0.15) is 11.4 Å². The molecule has 1 heterocycles. The summed E-state index contributed by atoms with van der Waals surface area (Å²) in [5, 5.41) is 6.14. The van der Waals surface area contributed by atoms with E-state index in [0.29, 0.717) is 35.3 Å². The van der Waals surface area contributed by atoms with E-state index in [1.54, 1.807) is 43.9 Å². The van der Waals surface area contributed by atoms with Gasteiger partial charge in [0.15, 0.2) is 6.61 Å². The fraction of sp³-hybridized carbons (Fsp3) is 0.571. The van der Waals surface area contributed by atoms with E-state index in [0.717, 1.165) is 6.42 Å². The molecule has 8 nitrogen and oxygen atoms in total. The number of halogens is 2. The third kappa shape index (κ3) is 8.83. The summed E-state index contributed by atoms with van der Waals surface area (Å²) in [6, 6.07) is 4.79. The van der Waals surface area contributed by atoms with Crippen LogP contribution in [0, 0.1) is 5.92 Å². The van der Waals surface area contributed by atoms with E-state index in [-0.39, 0.29) is 37.4 Å². The molecule has 2 rings (SSSR count). The minimum absolute atomic E-state index is 0.145. The smallest absolute Gasteiger partial charge is 0.407 e. The fourth-order valence-electron chi connectivity index (χ4n) is 3.03. The van der Waals surface area contributed by atoms with Gasteiger partial charge in [-0.05, 0) is 45.7 Å². The average molecular weight is 474 g/mol. The van der Waals surface area contributed by atoms with Gasteiger partial charge in [-0.1, -0.05) is 23.2 Å². The second-order valence-electron chi connectivity index (χ2n) is 8.26. The number of benzene rings is 1. The Morgan fingerprint density at radius 3 is 2.52 bits per heavy atom. The predicted octanol–water partition coefficient (Wildman–Crippen LogP) is 3.25. The lowest BCUT2D eigenvalue weighted by Crippen LogP contribution is -2.47. The normalized spacial score (nSPS) is 16.4. The molecule has 1 saturated heterocycles. The number of hydrogen-bond donors (Lipinski definition) is 2. The van der Waals surface area contributed by atoms with E-state index in [1.165, 1.54) is 0 Å². The zero-order chi connectivity index (χ0) is 23.0. The van der Waals surface area contributed by atoms with Gasteiger partial charge in [-0.2, -0.15) is 0 Å². The molecular formula is C21H29Cl2N3O5. The number of hydrogen-bond acceptors (Lipinski definition) is 5. The Balaban J connectivity index is 1.72. The van der Waals surface area contributed by atoms with Crippen LogP contribution in [0.5, 0.6) is 5.75 Å². The van der Waals surface area contributed by atoms with Crippen molar-refractivity contribution < 1.29 is 23.9 Å². The Morgan fingerprint density at radius 2 is 1.84 bits per heavy atom. The molecule has 0 saturated carbocycles. The van der Waals surface area contributed by atoms with Crippen LogP contribution >= 0.6 is 23.2 Å². The summed E-state index contributed by atoms with van der Waals surface area (Å²) < 4.78 is 10.6. The van der Waals surface area contributed by atoms with Crippen molar-refractivity contribution in [1.82, 2.24) is 15.5 Å². The van der Waals surface area contributed by atoms with Gasteiger partial charge in [0.25, 0.3) is 5.91 Å². The maximum Gasteiger partial charge on any atom is 0.407 e. The van der Waals surface area contributed by atoms with Crippen molar-refractivity contribution >= 4 is 41.1 Å². The summed E-state index contributed by atoms with van der Waals surface area (Å²) in [5.41, 5.74) is -0.574. The standard InChI is InChI=1S/C21H29Cl2N3O5/c1-21(2,3)31-20(29)25-9-8-24-19(28)14-5-4-10-26(12-14)18(27)13-30-15-6-7-16(22)17(23)11-15/h6-7,11,14H,4-5,8-10,12-13H2,1-3H3,(H,24,28)(H,25,29). The quantitative estimate of drug-likeness (QED) is 0.592. The minimum Gasteiger partial charge on any atom is -0.484 e. The number of ether oxygens (including phenoxy) is 2. The van der Waals surface area contributed by atoms with Crippen LogP contribution < -0.4 is 15.4 Å². The van der Waals surface area contributed by atoms with Crippen molar-refractivity contribution in [3.05, 3.63) is 28.2 Å². The van der Waals surface area contributed by atoms with Crippen molar-refractivity contribution in [3.8, 4) is 5.75 Å². The molecule has 1 atom stereocenters. The van der Waals surface area contributed by atoms with E-state index >= 15 is 0 Å². The molecule has 10 heteroatoms. The van der Waals surface area contributed by atoms with Gasteiger partial charge < -0.3 is 25.0 Å². The maximum atomic E-state index is 12.5. The zero-order valence-corrected chi connectivity index (χ0v) is 19.5. The topological polar surface area (TPSA) is 97.0 Å². The number of carbonyl (C=O) groups is 3. The molecule has 1 aliphatic heterocycles. The predicted molar refractivity (Wildman–Crippen MR) is 119 cm³/mol. The molecule has 2 N–H and O–H groups in total. The van der Waals surface area contributed by atoms with E-state index in [2.05, 4.69) is 10.6 Å². The number of nitrogens with zero attached hydrogens (tertiary/aromatic N) is 1. The van der Waals surface area contributed by atoms with E-state index in [9.17, 15) is 14.4 Å². The summed E-state index contributed by atoms with van der Waals surface area (Å²) in [5.74, 6) is -0.195. The third-order valence-electron chi connectivity index (χ3n) is 4.49. The Bertz CT molecular complexity index is 798. The van der Waals surface area contributed by atoms with Crippen LogP contribution in [-0.2, 0) is 14.3 Å². The van der Waals surface area contributed by atoms with Crippen LogP contribution in [0.1, 0.15) is 33.6 Å². The lowest BCUT2D eigenvalue weighted by molar-refractivity contribution is -0.137. The highest BCUT2D eigenvalue weighted by Crippen LogP contribution is 2.26. The second-order valence-corrected chi connectivity index (χ2v) is 9.08. The molecule has 0 aliphatic carbocycles. The first-order chi connectivity index (χ1) is 14.5. The lowest BCUT2D eigenvalue weighted by atomic mass is 9.97. The van der Waals surface area contributed by atoms with Crippen molar-refractivity contribution in [2.75, 3.05) is 32.8 Å². The average Bonchev–Trinajstić information content (AvgIpc) is 2.70. The Hall–Kier alpha value is -2.19. The first-order valence-electron chi connectivity index (χ1n) is 10.2. The van der Waals surface area contributed by atoms with Crippen molar-refractivity contribution in [3.63, 3.8) is 0 Å². The maximum absolute atomic E-state index is 12.5. The van der Waals surface area contributed by atoms with Gasteiger partial charge >= 0.3 is 6.09 Å². The third-order valence-corrected chi connectivity index (χ3v) is 5.23. The molecule has 0 radical (unpaired) electrons. The minimum atomic E-state index is -0.574. The van der Waals surface area contributed by atoms with E-state index < -0.39 is 11.7 Å². The highest BCUT2D eigenvalue weighted by molar-refractivity contribution is 6.42. The Morgan fingerprint density at radius 1 is 1.13 bits per heavy atom. The van der Waals surface area contributed by atoms with Crippen LogP contribution in [-0.4, -0.2) is 61.2 Å². The van der Waals surface area contributed by atoms with Gasteiger partial charge in [-0.25, -0.2) is 4.79 Å². The summed E-state index contributed by atoms with van der Waals surface area (Å²) >= 11 is 11.8. The highest BCUT2D eigenvalue weighted by Gasteiger charge is 2.28. The Kier molecular flexibility index (Phi) is 9.25. The number of carbonyl (C=O) groups excluding carboxylic acids is 3. The van der Waals surface area contributed by atoms with Crippen LogP contribution in [0.2, 0.25) is 10.0 Å². The van der Waals surface area contributed by atoms with E-state index in [1.807, 2.05) is 0 Å². The van der Waals surface area contributed by atoms with Crippen molar-refractivity contribution in [1.29, 1.82) is 0 Å². The molecule has 1 aromatic carbocycles. The molecule has 0 spiro atoms. The summed E-state index contributed by atoms with van der Waals surface area (Å²) in [7, 11) is 0. The van der Waals surface area contributed by atoms with Crippen LogP contribution in [0.15, 0.2) is 18.2 Å². The molecular weight excluding hydrogens is 445 g/mol. The van der Waals surface area contributed by atoms with Crippen LogP contribution in [0.3, 0.4) is 0 Å². The van der Waals surface area contributed by atoms with Gasteiger partial charge in [0.2, 0.25) is 5.91 Å². The molecule has 0 bridgehead atoms. The fourth-order valence-corrected chi connectivity index (χ4v) is 3.32. The van der Waals surface area contributed by atoms with Crippen molar-refractivity contribution in [2.24, 2.45) is 5.92 Å². The number of rotatable bonds is 7. The van der Waals surface area contributed by atoms with Crippen molar-refractivity contribution in [2.45, 2.75) is 39.2 Å². The first kappa shape index (κ1) is 25.1. The molecule has 172 valence electrons. The molecule has 1 aromatic rings. The lowest BCUT2D eigenvalue weighted by Gasteiger charge is -2.32. The monoisotopic (exact) mass is 473 g/mol. The molecule has 1 unspecified atom stereocenters. The number of alkyl carbamates (subject to hydrolysis) is 1. The molecule has 31 heavy (non-hydrogen) atoms. The van der Waals surface area contributed by atoms with Gasteiger partial charge in [0, 0.05) is 32.2 Å². The SMILES string of the molecule is CC(C)(C)OC(=O)NCCNC(=O)C1CCCN(C(=O)COc2ccc(Cl)c(Cl)c2)C1. The van der Waals surface area contributed by atoms with Crippen LogP contribution in [0.4, 0.5) is 4.79 Å². The molecule has 3 amide bonds. The second kappa shape index (κ2) is 11.4. The Labute approximate surface area is 192 Å². The van der Waals surface area contributed by atoms with E-state index in [4.69, 9.17) is 32.7 Å². The van der Waals surface area contributed by atoms with Gasteiger partial charge in [-0.3, -0.25) is 9.59 Å². The largest absolute Gasteiger partial charge is 0.484 e. The highest BCUT2D eigenvalue weighted by atomic mass is 35.5. The molecule has 1 fully saturated rings. The number of likely N-dealkylation sites (tertiary alicyclic amines) is 1. The molecule has 0 aromatic heterocycles. The number of nitrogens with one attached hydrogen (secondary N) is 2. The van der Waals surface area contributed by atoms with Gasteiger partial charge in [0.05, 0.1) is 16.0 Å². The summed E-state index contributed by atoms with van der Waals surface area (Å²) in [6.45, 7) is 6.63. The summed E-state index contributed by atoms with van der Waals surface area (Å²) in [4.78, 5) is 38.2. The van der Waals surface area contributed by atoms with Crippen LogP contribution in [0.25, 0.3) is 0 Å². The number of piperidine rings is 1. The summed E-state index contributed by atoms with van der Waals surface area (Å²) in [6.07, 6.45) is 0.897. The first-order valence-corrected chi connectivity index (χ1v) is 10.9. The van der Waals surface area contributed by atoms with Gasteiger partial charge in [-0.15, -0.1) is 0 Å². The molecule has 1 aliphatic rings.